The lowest BCUT2D eigenvalue weighted by atomic mass is 10.3. The molecule has 0 bridgehead atoms. The predicted octanol–water partition coefficient (Wildman–Crippen LogP) is 27.3. The number of nitrogens with zero attached hydrogens (tertiary/aromatic N) is 2. The molecule has 0 atom stereocenters. The van der Waals surface area contributed by atoms with E-state index in [1.165, 1.54) is 18.6 Å². The third-order valence-corrected chi connectivity index (χ3v) is 6.84. The zero-order chi connectivity index (χ0) is 105. The van der Waals surface area contributed by atoms with Crippen LogP contribution < -0.4 is 58.6 Å². The van der Waals surface area contributed by atoms with Crippen LogP contribution in [0.2, 0.25) is 0 Å². The van der Waals surface area contributed by atoms with Gasteiger partial charge in [-0.2, -0.15) is 4.99 Å². The molecule has 10 aliphatic rings. The molecule has 27 nitrogen and oxygen atoms in total. The second-order valence-corrected chi connectivity index (χ2v) is 12.0. The summed E-state index contributed by atoms with van der Waals surface area (Å²) in [6.07, 6.45) is 9.62. The molecule has 10 heterocycles. The molecule has 121 heavy (non-hydrogen) atoms. The van der Waals surface area contributed by atoms with Crippen LogP contribution in [0.4, 0.5) is 19.2 Å². The highest BCUT2D eigenvalue weighted by Gasteiger charge is 2.16. The van der Waals surface area contributed by atoms with Crippen molar-refractivity contribution in [3.8, 4) is 0 Å². The number of nitrogens with one attached hydrogen (secondary N) is 11. The van der Waals surface area contributed by atoms with Crippen molar-refractivity contribution >= 4 is 66.2 Å². The number of imide groups is 3. The number of ether oxygens (including phenoxy) is 3. The number of hydrogen-bond acceptors (Lipinski definition) is 19. The van der Waals surface area contributed by atoms with Gasteiger partial charge in [0.2, 0.25) is 11.8 Å². The highest BCUT2D eigenvalue weighted by Crippen LogP contribution is 1.96. The van der Waals surface area contributed by atoms with E-state index in [4.69, 9.17) is 9.57 Å². The maximum absolute atomic E-state index is 10.1. The topological polar surface area (TPSA) is 357 Å². The maximum atomic E-state index is 10.1. The fraction of sp³-hybridized carbons (Fsp3) is 0.862. The van der Waals surface area contributed by atoms with Crippen LogP contribution in [0.3, 0.4) is 0 Å². The molecule has 11 N–H and O–H groups in total. The van der Waals surface area contributed by atoms with E-state index < -0.39 is 11.9 Å². The van der Waals surface area contributed by atoms with Crippen LogP contribution in [0, 0.1) is 0 Å². The van der Waals surface area contributed by atoms with Crippen molar-refractivity contribution in [2.24, 2.45) is 10.1 Å². The van der Waals surface area contributed by atoms with E-state index in [1.54, 1.807) is 6.21 Å². The van der Waals surface area contributed by atoms with Crippen molar-refractivity contribution in [2.45, 2.75) is 454 Å². The molecule has 0 spiro atoms. The van der Waals surface area contributed by atoms with E-state index in [9.17, 15) is 43.2 Å². The Morgan fingerprint density at radius 3 is 0.711 bits per heavy atom. The second-order valence-electron chi connectivity index (χ2n) is 12.0. The number of oxime groups is 1. The Morgan fingerprint density at radius 1 is 0.289 bits per heavy atom. The van der Waals surface area contributed by atoms with Gasteiger partial charge < -0.3 is 55.8 Å². The quantitative estimate of drug-likeness (QED) is 0.100. The van der Waals surface area contributed by atoms with Crippen molar-refractivity contribution < 1.29 is 67.0 Å². The summed E-state index contributed by atoms with van der Waals surface area (Å²) in [5.41, 5.74) is 2.72. The molecule has 7 saturated heterocycles. The van der Waals surface area contributed by atoms with Gasteiger partial charge in [-0.05, 0) is 25.7 Å². The molecule has 0 unspecified atom stereocenters. The largest absolute Gasteiger partial charge is 0.449 e. The molecule has 0 aromatic heterocycles. The molecular formula is C94H237N13O14. The van der Waals surface area contributed by atoms with E-state index >= 15 is 0 Å². The van der Waals surface area contributed by atoms with Gasteiger partial charge in [-0.3, -0.25) is 45.2 Å². The first-order valence-electron chi connectivity index (χ1n) is 49.3. The lowest BCUT2D eigenvalue weighted by molar-refractivity contribution is -0.125. The number of alkyl carbamates (subject to hydrolysis) is 2. The third-order valence-electron chi connectivity index (χ3n) is 6.84. The zero-order valence-corrected chi connectivity index (χ0v) is 93.8. The van der Waals surface area contributed by atoms with Crippen molar-refractivity contribution in [1.29, 1.82) is 0 Å². The average molecular weight is 1770 g/mol. The minimum Gasteiger partial charge on any atom is -0.449 e. The van der Waals surface area contributed by atoms with E-state index in [1.807, 2.05) is 426 Å². The summed E-state index contributed by atoms with van der Waals surface area (Å²) >= 11 is 0. The molecule has 0 saturated carbocycles. The minimum atomic E-state index is -0.579. The predicted molar refractivity (Wildman–Crippen MR) is 554 cm³/mol. The number of carbonyl (C=O) groups excluding carboxylic acids is 9. The molecule has 762 valence electrons. The summed E-state index contributed by atoms with van der Waals surface area (Å²) in [6.45, 7) is 133. The number of cyclic esters (lactones) is 2. The van der Waals surface area contributed by atoms with Gasteiger partial charge >= 0.3 is 24.2 Å². The Morgan fingerprint density at radius 2 is 0.620 bits per heavy atom. The van der Waals surface area contributed by atoms with Crippen molar-refractivity contribution in [1.82, 2.24) is 58.6 Å². The summed E-state index contributed by atoms with van der Waals surface area (Å²) in [6, 6.07) is -0.625. The van der Waals surface area contributed by atoms with Crippen LogP contribution in [0.25, 0.3) is 0 Å². The zero-order valence-electron chi connectivity index (χ0n) is 93.8. The third kappa shape index (κ3) is 349. The van der Waals surface area contributed by atoms with Gasteiger partial charge in [0, 0.05) is 83.7 Å². The highest BCUT2D eigenvalue weighted by molar-refractivity contribution is 6.35. The Hall–Kier alpha value is -6.13. The first-order valence-corrected chi connectivity index (χ1v) is 49.3. The number of hydroxylamine groups is 1. The van der Waals surface area contributed by atoms with Crippen LogP contribution in [0.5, 0.6) is 0 Å². The van der Waals surface area contributed by atoms with Crippen LogP contribution in [0.15, 0.2) is 22.3 Å². The van der Waals surface area contributed by atoms with Crippen LogP contribution in [0.1, 0.15) is 454 Å². The fourth-order valence-corrected chi connectivity index (χ4v) is 3.95. The first-order chi connectivity index (χ1) is 59.5. The number of aliphatic imine (C=N–C) groups is 1. The van der Waals surface area contributed by atoms with Gasteiger partial charge in [0.05, 0.1) is 39.3 Å². The standard InChI is InChI=1S/C4H7NO2.C4H5NO2.C4H3NO2.C4H7NO.C3H2N2O2.C3H6N2O.C3H8N2.C3H5NO2.2C3H7NO.30C2H6/c6-4-5-2-1-3-7-4;2*6-3-1-2-4(7)5-3;1-2-4-6-5-3-1;6-2-1-4-3(7)5-2;6-3-4-1-2-5-3;1-2-5-3-4-1;5-3-4-1-2-6-3;1-2-5-3-4-1;1-2-4-5-3-1;30*1-2/h1-3H2,(H,5,6);1-2H2,(H,5,6,7);1-2H,(H,5,6,7);3H,1-2,4H2;1H,(H,5,6,7);1-2H2,(H2,4,5,6);4-5H,1-3H2;1-2H2,(H,4,5);2*4H,1-3H2;30*1-2H3. The van der Waals surface area contributed by atoms with E-state index in [-0.39, 0.29) is 41.8 Å². The number of carbonyl (C=O) groups is 9. The molecule has 0 aliphatic carbocycles. The summed E-state index contributed by atoms with van der Waals surface area (Å²) in [5.74, 6) is -1.39. The SMILES string of the molecule is C1=NOCCC1.C1CNCN1.C1CNOC1.C1COCN1.CC.CC.CC.CC.CC.CC.CC.CC.CC.CC.CC.CC.CC.CC.CC.CC.CC.CC.CC.CC.CC.CC.CC.CC.CC.CC.CC.CC.CC.CC.O=C1C=CC(=O)N1.O=C1C=NC(=O)N1.O=C1CCC(=O)N1.O=C1NCCCO1.O=C1NCCN1.O=C1NCCO1. The number of hydrogen-bond donors (Lipinski definition) is 11. The van der Waals surface area contributed by atoms with Crippen LogP contribution in [-0.4, -0.2) is 165 Å². The van der Waals surface area contributed by atoms with E-state index in [0.717, 1.165) is 105 Å². The summed E-state index contributed by atoms with van der Waals surface area (Å²) in [5, 5.41) is 29.0. The molecule has 11 amide bonds. The Balaban J connectivity index is -0.0000000255. The van der Waals surface area contributed by atoms with Crippen LogP contribution in [-0.2, 0) is 47.9 Å². The van der Waals surface area contributed by atoms with Crippen LogP contribution >= 0.6 is 0 Å². The summed E-state index contributed by atoms with van der Waals surface area (Å²) in [7, 11) is 0. The minimum absolute atomic E-state index is 0.0463. The second kappa shape index (κ2) is 356. The Bertz CT molecular complexity index is 1310. The Kier molecular flexibility index (Phi) is 608. The lowest BCUT2D eigenvalue weighted by Gasteiger charge is -2.10. The smallest absolute Gasteiger partial charge is 0.407 e. The average Bonchev–Trinajstić information content (AvgIpc) is 1.85. The molecule has 0 aromatic carbocycles. The first kappa shape index (κ1) is 207. The van der Waals surface area contributed by atoms with Gasteiger partial charge in [0.15, 0.2) is 0 Å². The number of amides is 11. The van der Waals surface area contributed by atoms with Crippen molar-refractivity contribution in [2.75, 3.05) is 98.8 Å². The summed E-state index contributed by atoms with van der Waals surface area (Å²) in [4.78, 5) is 103. The number of urea groups is 2. The maximum Gasteiger partial charge on any atom is 0.407 e. The van der Waals surface area contributed by atoms with E-state index in [0.29, 0.717) is 32.6 Å². The van der Waals surface area contributed by atoms with Gasteiger partial charge in [-0.1, -0.05) is 421 Å². The fourth-order valence-electron chi connectivity index (χ4n) is 3.95. The van der Waals surface area contributed by atoms with Crippen molar-refractivity contribution in [3.05, 3.63) is 12.2 Å². The van der Waals surface area contributed by atoms with E-state index in [2.05, 4.69) is 72.5 Å². The molecule has 0 aromatic rings. The normalized spacial score (nSPS) is 11.8. The van der Waals surface area contributed by atoms with Gasteiger partial charge in [-0.15, -0.1) is 0 Å². The molecular weight excluding hydrogens is 1540 g/mol. The Labute approximate surface area is 763 Å². The highest BCUT2D eigenvalue weighted by atomic mass is 16.7. The summed E-state index contributed by atoms with van der Waals surface area (Å²) < 4.78 is 13.8. The molecule has 10 aliphatic heterocycles. The van der Waals surface area contributed by atoms with Gasteiger partial charge in [-0.25, -0.2) is 24.7 Å². The van der Waals surface area contributed by atoms with Crippen molar-refractivity contribution in [3.63, 3.8) is 0 Å². The molecule has 0 radical (unpaired) electrons. The number of rotatable bonds is 0. The van der Waals surface area contributed by atoms with Gasteiger partial charge in [0.25, 0.3) is 17.7 Å². The monoisotopic (exact) mass is 1770 g/mol. The molecule has 7 fully saturated rings. The molecule has 10 rings (SSSR count). The lowest BCUT2D eigenvalue weighted by Crippen LogP contribution is -2.31. The van der Waals surface area contributed by atoms with Gasteiger partial charge in [0.1, 0.15) is 13.2 Å². The molecule has 27 heteroatoms.